The van der Waals surface area contributed by atoms with Crippen molar-refractivity contribution >= 4 is 11.6 Å². The lowest BCUT2D eigenvalue weighted by atomic mass is 9.89. The minimum Gasteiger partial charge on any atom is -0.508 e. The highest BCUT2D eigenvalue weighted by Crippen LogP contribution is 2.38. The molecule has 3 rings (SSSR count). The lowest BCUT2D eigenvalue weighted by Crippen LogP contribution is -2.19. The summed E-state index contributed by atoms with van der Waals surface area (Å²) in [4.78, 5) is 0. The first kappa shape index (κ1) is 12.4. The fourth-order valence-corrected chi connectivity index (χ4v) is 2.68. The number of benzene rings is 2. The Morgan fingerprint density at radius 2 is 1.89 bits per heavy atom. The zero-order valence-electron chi connectivity index (χ0n) is 10.7. The minimum absolute atomic E-state index is 0.295. The number of fused-ring (bicyclic) bond motifs is 1. The molecule has 0 fully saturated rings. The van der Waals surface area contributed by atoms with E-state index in [1.54, 1.807) is 6.07 Å². The molecule has 3 heteroatoms. The van der Waals surface area contributed by atoms with E-state index in [1.807, 2.05) is 25.1 Å². The van der Waals surface area contributed by atoms with Gasteiger partial charge < -0.3 is 9.84 Å². The number of phenolic OH excluding ortho intramolecular Hbond substituents is 1. The third-order valence-electron chi connectivity index (χ3n) is 3.70. The Bertz CT molecular complexity index is 605. The van der Waals surface area contributed by atoms with Crippen molar-refractivity contribution < 1.29 is 9.84 Å². The highest BCUT2D eigenvalue weighted by atomic mass is 35.5. The Morgan fingerprint density at radius 1 is 1.16 bits per heavy atom. The van der Waals surface area contributed by atoms with E-state index in [-0.39, 0.29) is 0 Å². The van der Waals surface area contributed by atoms with Gasteiger partial charge in [0, 0.05) is 16.5 Å². The van der Waals surface area contributed by atoms with Crippen LogP contribution in [0.5, 0.6) is 11.5 Å². The molecule has 0 aromatic heterocycles. The molecule has 1 aliphatic rings. The van der Waals surface area contributed by atoms with Gasteiger partial charge in [0.05, 0.1) is 6.61 Å². The zero-order chi connectivity index (χ0) is 13.4. The van der Waals surface area contributed by atoms with Crippen LogP contribution in [0.25, 0.3) is 0 Å². The zero-order valence-corrected chi connectivity index (χ0v) is 11.4. The van der Waals surface area contributed by atoms with Crippen LogP contribution in [-0.4, -0.2) is 11.7 Å². The van der Waals surface area contributed by atoms with Gasteiger partial charge in [0.1, 0.15) is 11.5 Å². The van der Waals surface area contributed by atoms with Crippen molar-refractivity contribution in [2.24, 2.45) is 0 Å². The van der Waals surface area contributed by atoms with Gasteiger partial charge in [-0.05, 0) is 42.7 Å². The molecule has 98 valence electrons. The topological polar surface area (TPSA) is 29.5 Å². The summed E-state index contributed by atoms with van der Waals surface area (Å²) < 4.78 is 5.84. The maximum atomic E-state index is 9.69. The standard InChI is InChI=1S/C16H15ClO2/c1-10-15(18)7-4-12-8-13(9-19-16(10)12)11-2-5-14(17)6-3-11/h2-7,13,18H,8-9H2,1H3/t13-/m1/s1. The molecule has 0 radical (unpaired) electrons. The average molecular weight is 275 g/mol. The summed E-state index contributed by atoms with van der Waals surface area (Å²) in [5.41, 5.74) is 3.22. The molecule has 2 aromatic rings. The number of phenols is 1. The molecule has 19 heavy (non-hydrogen) atoms. The average Bonchev–Trinajstić information content (AvgIpc) is 2.43. The quantitative estimate of drug-likeness (QED) is 0.849. The van der Waals surface area contributed by atoms with Gasteiger partial charge in [-0.3, -0.25) is 0 Å². The number of halogens is 1. The van der Waals surface area contributed by atoms with Crippen molar-refractivity contribution in [1.82, 2.24) is 0 Å². The lowest BCUT2D eigenvalue weighted by molar-refractivity contribution is 0.259. The Hall–Kier alpha value is -1.67. The second kappa shape index (κ2) is 4.78. The van der Waals surface area contributed by atoms with Crippen LogP contribution in [0.4, 0.5) is 0 Å². The van der Waals surface area contributed by atoms with Gasteiger partial charge in [0.15, 0.2) is 0 Å². The fourth-order valence-electron chi connectivity index (χ4n) is 2.56. The normalized spacial score (nSPS) is 17.7. The first-order valence-corrected chi connectivity index (χ1v) is 6.72. The van der Waals surface area contributed by atoms with Gasteiger partial charge >= 0.3 is 0 Å². The van der Waals surface area contributed by atoms with Crippen LogP contribution in [0.2, 0.25) is 5.02 Å². The van der Waals surface area contributed by atoms with Crippen LogP contribution >= 0.6 is 11.6 Å². The van der Waals surface area contributed by atoms with Gasteiger partial charge in [-0.1, -0.05) is 29.8 Å². The molecular weight excluding hydrogens is 260 g/mol. The molecule has 0 saturated carbocycles. The van der Waals surface area contributed by atoms with Crippen molar-refractivity contribution in [2.45, 2.75) is 19.3 Å². The summed E-state index contributed by atoms with van der Waals surface area (Å²) in [7, 11) is 0. The molecule has 0 amide bonds. The summed E-state index contributed by atoms with van der Waals surface area (Å²) in [6, 6.07) is 11.6. The maximum absolute atomic E-state index is 9.69. The predicted octanol–water partition coefficient (Wildman–Crippen LogP) is 4.07. The summed E-state index contributed by atoms with van der Waals surface area (Å²) in [6.07, 6.45) is 0.929. The van der Waals surface area contributed by atoms with E-state index in [0.717, 1.165) is 28.3 Å². The second-order valence-corrected chi connectivity index (χ2v) is 5.40. The van der Waals surface area contributed by atoms with Crippen molar-refractivity contribution in [2.75, 3.05) is 6.61 Å². The third-order valence-corrected chi connectivity index (χ3v) is 3.95. The largest absolute Gasteiger partial charge is 0.508 e. The van der Waals surface area contributed by atoms with Crippen LogP contribution in [0.15, 0.2) is 36.4 Å². The number of hydrogen-bond acceptors (Lipinski definition) is 2. The molecule has 0 unspecified atom stereocenters. The monoisotopic (exact) mass is 274 g/mol. The van der Waals surface area contributed by atoms with Crippen LogP contribution in [0.3, 0.4) is 0 Å². The Kier molecular flexibility index (Phi) is 3.11. The fraction of sp³-hybridized carbons (Fsp3) is 0.250. The molecule has 0 spiro atoms. The van der Waals surface area contributed by atoms with E-state index >= 15 is 0 Å². The lowest BCUT2D eigenvalue weighted by Gasteiger charge is -2.27. The van der Waals surface area contributed by atoms with E-state index in [0.29, 0.717) is 18.3 Å². The number of hydrogen-bond donors (Lipinski definition) is 1. The van der Waals surface area contributed by atoms with Gasteiger partial charge in [-0.25, -0.2) is 0 Å². The summed E-state index contributed by atoms with van der Waals surface area (Å²) >= 11 is 5.91. The van der Waals surface area contributed by atoms with Crippen LogP contribution < -0.4 is 4.74 Å². The highest BCUT2D eigenvalue weighted by Gasteiger charge is 2.23. The van der Waals surface area contributed by atoms with Gasteiger partial charge in [-0.15, -0.1) is 0 Å². The van der Waals surface area contributed by atoms with E-state index in [2.05, 4.69) is 12.1 Å². The van der Waals surface area contributed by atoms with Crippen molar-refractivity contribution in [3.05, 3.63) is 58.1 Å². The molecule has 1 N–H and O–H groups in total. The molecule has 0 bridgehead atoms. The molecule has 0 aliphatic carbocycles. The third kappa shape index (κ3) is 2.28. The van der Waals surface area contributed by atoms with Crippen molar-refractivity contribution in [3.8, 4) is 11.5 Å². The van der Waals surface area contributed by atoms with Gasteiger partial charge in [-0.2, -0.15) is 0 Å². The summed E-state index contributed by atoms with van der Waals surface area (Å²) in [6.45, 7) is 2.52. The minimum atomic E-state index is 0.295. The summed E-state index contributed by atoms with van der Waals surface area (Å²) in [5.74, 6) is 1.47. The molecule has 1 heterocycles. The first-order valence-electron chi connectivity index (χ1n) is 6.35. The Labute approximate surface area is 117 Å². The first-order chi connectivity index (χ1) is 9.15. The number of aromatic hydroxyl groups is 1. The molecule has 2 aromatic carbocycles. The maximum Gasteiger partial charge on any atom is 0.129 e. The Balaban J connectivity index is 1.90. The molecule has 1 aliphatic heterocycles. The van der Waals surface area contributed by atoms with E-state index < -0.39 is 0 Å². The van der Waals surface area contributed by atoms with Crippen LogP contribution in [0.1, 0.15) is 22.6 Å². The number of ether oxygens (including phenoxy) is 1. The smallest absolute Gasteiger partial charge is 0.129 e. The second-order valence-electron chi connectivity index (χ2n) is 4.96. The van der Waals surface area contributed by atoms with Crippen molar-refractivity contribution in [3.63, 3.8) is 0 Å². The van der Waals surface area contributed by atoms with Crippen LogP contribution in [0, 0.1) is 6.92 Å². The Morgan fingerprint density at radius 3 is 2.63 bits per heavy atom. The van der Waals surface area contributed by atoms with E-state index in [9.17, 15) is 5.11 Å². The highest BCUT2D eigenvalue weighted by molar-refractivity contribution is 6.30. The van der Waals surface area contributed by atoms with Crippen molar-refractivity contribution in [1.29, 1.82) is 0 Å². The molecule has 1 atom stereocenters. The van der Waals surface area contributed by atoms with Gasteiger partial charge in [0.2, 0.25) is 0 Å². The molecule has 2 nitrogen and oxygen atoms in total. The summed E-state index contributed by atoms with van der Waals surface area (Å²) in [5, 5.41) is 10.4. The predicted molar refractivity (Wildman–Crippen MR) is 76.2 cm³/mol. The molecular formula is C16H15ClO2. The van der Waals surface area contributed by atoms with Gasteiger partial charge in [0.25, 0.3) is 0 Å². The van der Waals surface area contributed by atoms with Crippen LogP contribution in [-0.2, 0) is 6.42 Å². The van der Waals surface area contributed by atoms with E-state index in [1.165, 1.54) is 5.56 Å². The molecule has 0 saturated heterocycles. The SMILES string of the molecule is Cc1c(O)ccc2c1OC[C@H](c1ccc(Cl)cc1)C2. The van der Waals surface area contributed by atoms with E-state index in [4.69, 9.17) is 16.3 Å². The number of rotatable bonds is 1.